The zero-order valence-corrected chi connectivity index (χ0v) is 14.7. The number of carboxylic acid groups (broad SMARTS) is 1. The summed E-state index contributed by atoms with van der Waals surface area (Å²) in [5, 5.41) is 8.08. The van der Waals surface area contributed by atoms with Crippen molar-refractivity contribution in [2.24, 2.45) is 0 Å². The second kappa shape index (κ2) is 6.77. The van der Waals surface area contributed by atoms with Gasteiger partial charge in [0, 0.05) is 12.1 Å². The summed E-state index contributed by atoms with van der Waals surface area (Å²) >= 11 is 1.12. The van der Waals surface area contributed by atoms with Crippen LogP contribution in [0.15, 0.2) is 18.2 Å². The molecule has 3 aliphatic rings. The van der Waals surface area contributed by atoms with Crippen LogP contribution in [0.2, 0.25) is 0 Å². The van der Waals surface area contributed by atoms with Crippen molar-refractivity contribution >= 4 is 23.4 Å². The highest BCUT2D eigenvalue weighted by Gasteiger charge is 2.54. The minimum Gasteiger partial charge on any atom is -0.480 e. The first-order valence-corrected chi connectivity index (χ1v) is 8.97. The lowest BCUT2D eigenvalue weighted by atomic mass is 10.1. The monoisotopic (exact) mass is 415 g/mol. The number of fused-ring (bicyclic) bond motifs is 1. The molecule has 27 heavy (non-hydrogen) atoms. The number of anilines is 1. The maximum Gasteiger partial charge on any atom is 0.416 e. The van der Waals surface area contributed by atoms with Gasteiger partial charge in [-0.1, -0.05) is 6.92 Å². The molecule has 0 spiro atoms. The molecule has 11 heteroatoms. The Morgan fingerprint density at radius 1 is 1.22 bits per heavy atom. The maximum absolute atomic E-state index is 13.0. The van der Waals surface area contributed by atoms with Crippen LogP contribution < -0.4 is 4.90 Å². The molecule has 4 rings (SSSR count). The number of nitrogens with zero attached hydrogens (tertiary/aromatic N) is 1. The highest BCUT2D eigenvalue weighted by molar-refractivity contribution is 8.01. The summed E-state index contributed by atoms with van der Waals surface area (Å²) in [6.45, 7) is 1.69. The number of hydrogen-bond acceptors (Lipinski definition) is 4. The van der Waals surface area contributed by atoms with E-state index in [9.17, 15) is 31.1 Å². The molecule has 0 amide bonds. The van der Waals surface area contributed by atoms with E-state index in [2.05, 4.69) is 0 Å². The van der Waals surface area contributed by atoms with Crippen LogP contribution >= 0.6 is 11.8 Å². The molecule has 2 bridgehead atoms. The summed E-state index contributed by atoms with van der Waals surface area (Å²) in [5.74, 6) is -1.02. The van der Waals surface area contributed by atoms with Gasteiger partial charge in [-0.3, -0.25) is 4.79 Å². The number of hydrogen-bond donors (Lipinski definition) is 1. The minimum absolute atomic E-state index is 0.0792. The first-order chi connectivity index (χ1) is 12.4. The molecule has 4 nitrogen and oxygen atoms in total. The van der Waals surface area contributed by atoms with Gasteiger partial charge in [-0.2, -0.15) is 26.3 Å². The molecule has 0 saturated carbocycles. The van der Waals surface area contributed by atoms with Gasteiger partial charge in [-0.15, -0.1) is 11.8 Å². The van der Waals surface area contributed by atoms with Gasteiger partial charge in [0.15, 0.2) is 0 Å². The predicted molar refractivity (Wildman–Crippen MR) is 85.3 cm³/mol. The molecular formula is C16H15F6NO3S. The van der Waals surface area contributed by atoms with Crippen molar-refractivity contribution in [3.05, 3.63) is 29.3 Å². The van der Waals surface area contributed by atoms with E-state index in [4.69, 9.17) is 9.84 Å². The number of carbonyl (C=O) groups is 1. The molecule has 1 aromatic rings. The van der Waals surface area contributed by atoms with E-state index < -0.39 is 47.2 Å². The van der Waals surface area contributed by atoms with E-state index in [1.807, 2.05) is 0 Å². The van der Waals surface area contributed by atoms with Crippen LogP contribution in [-0.4, -0.2) is 34.0 Å². The van der Waals surface area contributed by atoms with Crippen LogP contribution in [0.25, 0.3) is 0 Å². The van der Waals surface area contributed by atoms with Crippen LogP contribution in [0, 0.1) is 0 Å². The van der Waals surface area contributed by atoms with E-state index in [1.165, 1.54) is 4.90 Å². The number of ether oxygens (including phenoxy) is 1. The molecule has 3 fully saturated rings. The average molecular weight is 415 g/mol. The zero-order chi connectivity index (χ0) is 20.1. The lowest BCUT2D eigenvalue weighted by Gasteiger charge is -2.43. The standard InChI is InChI=1S/C16H15F6NO3S/c1-2-10(14(24)25)27-11-6-12-23(13(11)26-12)9-4-7(15(17,18)19)3-8(5-9)16(20,21)22/h3-5,10-13H,2,6H2,1H3,(H,24,25). The number of halogens is 6. The van der Waals surface area contributed by atoms with Gasteiger partial charge < -0.3 is 14.7 Å². The molecule has 150 valence electrons. The number of rotatable bonds is 5. The molecule has 4 atom stereocenters. The SMILES string of the molecule is CCC(SC1CC2OC1N2c1cc(C(F)(F)F)cc(C(F)(F)F)c1)C(=O)O. The summed E-state index contributed by atoms with van der Waals surface area (Å²) in [6, 6.07) is 1.41. The Kier molecular flexibility index (Phi) is 5.04. The predicted octanol–water partition coefficient (Wildman–Crippen LogP) is 4.58. The number of carboxylic acids is 1. The van der Waals surface area contributed by atoms with Crippen molar-refractivity contribution in [3.8, 4) is 0 Å². The first kappa shape index (κ1) is 20.1. The molecule has 4 unspecified atom stereocenters. The third-order valence-corrected chi connectivity index (χ3v) is 6.13. The van der Waals surface area contributed by atoms with Gasteiger partial charge in [0.1, 0.15) is 17.7 Å². The molecule has 3 aliphatic heterocycles. The summed E-state index contributed by atoms with van der Waals surface area (Å²) in [5.41, 5.74) is -3.01. The Labute approximate surface area is 154 Å². The van der Waals surface area contributed by atoms with Gasteiger partial charge in [0.2, 0.25) is 0 Å². The third-order valence-electron chi connectivity index (χ3n) is 4.49. The lowest BCUT2D eigenvalue weighted by molar-refractivity contribution is -0.143. The van der Waals surface area contributed by atoms with E-state index in [0.29, 0.717) is 25.0 Å². The van der Waals surface area contributed by atoms with Crippen molar-refractivity contribution in [3.63, 3.8) is 0 Å². The van der Waals surface area contributed by atoms with E-state index in [0.717, 1.165) is 11.8 Å². The van der Waals surface area contributed by atoms with E-state index in [1.54, 1.807) is 6.92 Å². The van der Waals surface area contributed by atoms with Gasteiger partial charge in [-0.05, 0) is 24.6 Å². The van der Waals surface area contributed by atoms with Crippen molar-refractivity contribution in [1.82, 2.24) is 0 Å². The molecule has 1 aromatic carbocycles. The quantitative estimate of drug-likeness (QED) is 0.714. The second-order valence-corrected chi connectivity index (χ2v) is 7.74. The van der Waals surface area contributed by atoms with Crippen LogP contribution in [0.3, 0.4) is 0 Å². The topological polar surface area (TPSA) is 49.8 Å². The van der Waals surface area contributed by atoms with E-state index in [-0.39, 0.29) is 17.0 Å². The van der Waals surface area contributed by atoms with Crippen molar-refractivity contribution in [2.45, 2.75) is 55.1 Å². The molecular weight excluding hydrogens is 400 g/mol. The lowest BCUT2D eigenvalue weighted by Crippen LogP contribution is -2.53. The Balaban J connectivity index is 1.88. The molecule has 1 N–H and O–H groups in total. The van der Waals surface area contributed by atoms with Crippen molar-refractivity contribution in [1.29, 1.82) is 0 Å². The Bertz CT molecular complexity index is 706. The summed E-state index contributed by atoms with van der Waals surface area (Å²) in [6.07, 6.45) is -10.6. The van der Waals surface area contributed by atoms with Crippen molar-refractivity contribution < 1.29 is 41.0 Å². The Morgan fingerprint density at radius 2 is 1.78 bits per heavy atom. The molecule has 3 heterocycles. The second-order valence-electron chi connectivity index (χ2n) is 6.30. The highest BCUT2D eigenvalue weighted by atomic mass is 32.2. The maximum atomic E-state index is 13.0. The fourth-order valence-electron chi connectivity index (χ4n) is 3.21. The third kappa shape index (κ3) is 3.84. The molecule has 0 aromatic heterocycles. The largest absolute Gasteiger partial charge is 0.480 e. The van der Waals surface area contributed by atoms with Gasteiger partial charge >= 0.3 is 18.3 Å². The number of benzene rings is 1. The fraction of sp³-hybridized carbons (Fsp3) is 0.562. The van der Waals surface area contributed by atoms with Gasteiger partial charge in [-0.25, -0.2) is 0 Å². The summed E-state index contributed by atoms with van der Waals surface area (Å²) in [7, 11) is 0. The van der Waals surface area contributed by atoms with Crippen LogP contribution in [0.4, 0.5) is 32.0 Å². The average Bonchev–Trinajstić information content (AvgIpc) is 3.08. The molecule has 0 radical (unpaired) electrons. The normalized spacial score (nSPS) is 26.0. The van der Waals surface area contributed by atoms with E-state index >= 15 is 0 Å². The minimum atomic E-state index is -4.93. The smallest absolute Gasteiger partial charge is 0.416 e. The first-order valence-electron chi connectivity index (χ1n) is 8.03. The van der Waals surface area contributed by atoms with Crippen molar-refractivity contribution in [2.75, 3.05) is 4.90 Å². The zero-order valence-electron chi connectivity index (χ0n) is 13.8. The number of aliphatic carboxylic acids is 1. The van der Waals surface area contributed by atoms with Crippen LogP contribution in [0.5, 0.6) is 0 Å². The fourth-order valence-corrected chi connectivity index (χ4v) is 4.55. The number of alkyl halides is 6. The molecule has 3 saturated heterocycles. The number of thioether (sulfide) groups is 1. The summed E-state index contributed by atoms with van der Waals surface area (Å²) in [4.78, 5) is 12.5. The van der Waals surface area contributed by atoms with Crippen LogP contribution in [-0.2, 0) is 21.9 Å². The Hall–Kier alpha value is -1.62. The van der Waals surface area contributed by atoms with Crippen LogP contribution in [0.1, 0.15) is 30.9 Å². The van der Waals surface area contributed by atoms with Gasteiger partial charge in [0.05, 0.1) is 16.4 Å². The highest BCUT2D eigenvalue weighted by Crippen LogP contribution is 2.49. The molecule has 0 aliphatic carbocycles. The Morgan fingerprint density at radius 3 is 2.22 bits per heavy atom. The summed E-state index contributed by atoms with van der Waals surface area (Å²) < 4.78 is 83.6. The van der Waals surface area contributed by atoms with Gasteiger partial charge in [0.25, 0.3) is 0 Å².